The molecule has 3 aromatic carbocycles. The number of anilines is 2. The second kappa shape index (κ2) is 9.77. The van der Waals surface area contributed by atoms with Crippen LogP contribution in [0.1, 0.15) is 5.56 Å². The Morgan fingerprint density at radius 1 is 0.839 bits per heavy atom. The summed E-state index contributed by atoms with van der Waals surface area (Å²) in [6.07, 6.45) is 0.129. The van der Waals surface area contributed by atoms with Gasteiger partial charge in [0.1, 0.15) is 5.75 Å². The molecule has 2 amide bonds. The van der Waals surface area contributed by atoms with Gasteiger partial charge in [-0.3, -0.25) is 14.3 Å². The highest BCUT2D eigenvalue weighted by Gasteiger charge is 2.14. The lowest BCUT2D eigenvalue weighted by atomic mass is 10.1. The Hall–Kier alpha value is -3.85. The maximum Gasteiger partial charge on any atom is 0.262 e. The summed E-state index contributed by atoms with van der Waals surface area (Å²) in [7, 11) is -3.73. The monoisotopic (exact) mass is 439 g/mol. The molecule has 31 heavy (non-hydrogen) atoms. The van der Waals surface area contributed by atoms with E-state index in [1.807, 2.05) is 0 Å². The summed E-state index contributed by atoms with van der Waals surface area (Å²) in [5.74, 6) is -0.462. The predicted molar refractivity (Wildman–Crippen MR) is 117 cm³/mol. The predicted octanol–water partition coefficient (Wildman–Crippen LogP) is 2.53. The molecule has 8 nitrogen and oxygen atoms in total. The van der Waals surface area contributed by atoms with Gasteiger partial charge in [-0.05, 0) is 54.1 Å². The van der Waals surface area contributed by atoms with Gasteiger partial charge >= 0.3 is 0 Å². The van der Waals surface area contributed by atoms with Crippen molar-refractivity contribution in [3.8, 4) is 5.75 Å². The number of nitrogens with two attached hydrogens (primary N) is 1. The number of para-hydroxylation sites is 1. The third kappa shape index (κ3) is 6.58. The van der Waals surface area contributed by atoms with Crippen LogP contribution in [0, 0.1) is 0 Å². The van der Waals surface area contributed by atoms with Crippen LogP contribution in [0.25, 0.3) is 0 Å². The quantitative estimate of drug-likeness (QED) is 0.472. The van der Waals surface area contributed by atoms with Crippen molar-refractivity contribution < 1.29 is 22.7 Å². The van der Waals surface area contributed by atoms with E-state index >= 15 is 0 Å². The number of ether oxygens (including phenoxy) is 1. The van der Waals surface area contributed by atoms with E-state index in [2.05, 4.69) is 10.0 Å². The van der Waals surface area contributed by atoms with E-state index in [0.717, 1.165) is 5.56 Å². The second-order valence-electron chi connectivity index (χ2n) is 6.62. The van der Waals surface area contributed by atoms with Crippen molar-refractivity contribution in [2.24, 2.45) is 5.73 Å². The van der Waals surface area contributed by atoms with Gasteiger partial charge in [-0.25, -0.2) is 8.42 Å². The number of hydrogen-bond acceptors (Lipinski definition) is 5. The molecule has 0 fully saturated rings. The molecule has 0 radical (unpaired) electrons. The number of carbonyl (C=O) groups is 2. The first-order chi connectivity index (χ1) is 14.8. The summed E-state index contributed by atoms with van der Waals surface area (Å²) >= 11 is 0. The van der Waals surface area contributed by atoms with Crippen molar-refractivity contribution >= 4 is 33.2 Å². The van der Waals surface area contributed by atoms with Gasteiger partial charge in [0, 0.05) is 11.4 Å². The van der Waals surface area contributed by atoms with Gasteiger partial charge in [0.05, 0.1) is 11.3 Å². The van der Waals surface area contributed by atoms with Crippen molar-refractivity contribution in [2.45, 2.75) is 11.3 Å². The normalized spacial score (nSPS) is 10.8. The number of amides is 2. The standard InChI is InChI=1S/C22H21N3O5S/c23-21(26)14-16-6-8-17(9-7-16)24-22(27)15-30-19-10-12-20(13-11-19)31(28,29)25-18-4-2-1-3-5-18/h1-13,25H,14-15H2,(H2,23,26)(H,24,27). The average molecular weight is 439 g/mol. The highest BCUT2D eigenvalue weighted by Crippen LogP contribution is 2.19. The largest absolute Gasteiger partial charge is 0.484 e. The molecule has 0 bridgehead atoms. The Kier molecular flexibility index (Phi) is 6.88. The SMILES string of the molecule is NC(=O)Cc1ccc(NC(=O)COc2ccc(S(=O)(=O)Nc3ccccc3)cc2)cc1. The minimum Gasteiger partial charge on any atom is -0.484 e. The smallest absolute Gasteiger partial charge is 0.262 e. The van der Waals surface area contributed by atoms with Crippen molar-refractivity contribution in [2.75, 3.05) is 16.6 Å². The van der Waals surface area contributed by atoms with E-state index in [1.54, 1.807) is 54.6 Å². The maximum atomic E-state index is 12.4. The van der Waals surface area contributed by atoms with Crippen molar-refractivity contribution in [1.29, 1.82) is 0 Å². The Morgan fingerprint density at radius 3 is 2.10 bits per heavy atom. The molecule has 4 N–H and O–H groups in total. The van der Waals surface area contributed by atoms with Gasteiger partial charge in [0.15, 0.2) is 6.61 Å². The molecular formula is C22H21N3O5S. The molecule has 3 rings (SSSR count). The fraction of sp³-hybridized carbons (Fsp3) is 0.0909. The zero-order chi connectivity index (χ0) is 22.3. The molecule has 0 spiro atoms. The number of rotatable bonds is 9. The van der Waals surface area contributed by atoms with E-state index in [4.69, 9.17) is 10.5 Å². The van der Waals surface area contributed by atoms with Crippen LogP contribution in [-0.4, -0.2) is 26.8 Å². The van der Waals surface area contributed by atoms with Crippen molar-refractivity contribution in [3.05, 3.63) is 84.4 Å². The van der Waals surface area contributed by atoms with Crippen LogP contribution in [0.4, 0.5) is 11.4 Å². The van der Waals surface area contributed by atoms with Crippen LogP contribution in [0.5, 0.6) is 5.75 Å². The molecule has 0 aromatic heterocycles. The van der Waals surface area contributed by atoms with E-state index in [9.17, 15) is 18.0 Å². The van der Waals surface area contributed by atoms with Crippen LogP contribution >= 0.6 is 0 Å². The summed E-state index contributed by atoms with van der Waals surface area (Å²) < 4.78 is 32.7. The molecular weight excluding hydrogens is 418 g/mol. The highest BCUT2D eigenvalue weighted by atomic mass is 32.2. The van der Waals surface area contributed by atoms with E-state index in [1.165, 1.54) is 24.3 Å². The summed E-state index contributed by atoms with van der Waals surface area (Å²) in [6.45, 7) is -0.253. The Morgan fingerprint density at radius 2 is 1.48 bits per heavy atom. The summed E-state index contributed by atoms with van der Waals surface area (Å²) in [6, 6.07) is 21.0. The van der Waals surface area contributed by atoms with Gasteiger partial charge in [-0.15, -0.1) is 0 Å². The van der Waals surface area contributed by atoms with Crippen molar-refractivity contribution in [3.63, 3.8) is 0 Å². The zero-order valence-electron chi connectivity index (χ0n) is 16.4. The third-order valence-corrected chi connectivity index (χ3v) is 5.54. The van der Waals surface area contributed by atoms with Crippen LogP contribution in [0.15, 0.2) is 83.8 Å². The lowest BCUT2D eigenvalue weighted by molar-refractivity contribution is -0.118. The van der Waals surface area contributed by atoms with Crippen LogP contribution in [-0.2, 0) is 26.0 Å². The molecule has 0 saturated carbocycles. The van der Waals surface area contributed by atoms with Gasteiger partial charge in [0.25, 0.3) is 15.9 Å². The first kappa shape index (κ1) is 21.8. The van der Waals surface area contributed by atoms with Gasteiger partial charge in [-0.2, -0.15) is 0 Å². The molecule has 0 aliphatic heterocycles. The average Bonchev–Trinajstić information content (AvgIpc) is 2.74. The topological polar surface area (TPSA) is 128 Å². The lowest BCUT2D eigenvalue weighted by Gasteiger charge is -2.10. The molecule has 160 valence electrons. The number of benzene rings is 3. The molecule has 0 atom stereocenters. The zero-order valence-corrected chi connectivity index (χ0v) is 17.3. The summed E-state index contributed by atoms with van der Waals surface area (Å²) in [5.41, 5.74) is 6.90. The molecule has 0 heterocycles. The fourth-order valence-corrected chi connectivity index (χ4v) is 3.75. The van der Waals surface area contributed by atoms with E-state index < -0.39 is 15.9 Å². The molecule has 0 aliphatic carbocycles. The number of sulfonamides is 1. The molecule has 0 saturated heterocycles. The van der Waals surface area contributed by atoms with Crippen molar-refractivity contribution in [1.82, 2.24) is 0 Å². The van der Waals surface area contributed by atoms with Gasteiger partial charge < -0.3 is 15.8 Å². The first-order valence-electron chi connectivity index (χ1n) is 9.30. The maximum absolute atomic E-state index is 12.4. The van der Waals surface area contributed by atoms with Gasteiger partial charge in [-0.1, -0.05) is 30.3 Å². The Labute approximate surface area is 180 Å². The van der Waals surface area contributed by atoms with Crippen LogP contribution in [0.3, 0.4) is 0 Å². The second-order valence-corrected chi connectivity index (χ2v) is 8.30. The molecule has 3 aromatic rings. The minimum atomic E-state index is -3.73. The van der Waals surface area contributed by atoms with Crippen LogP contribution < -0.4 is 20.5 Å². The number of nitrogens with one attached hydrogen (secondary N) is 2. The number of primary amides is 1. The van der Waals surface area contributed by atoms with Crippen LogP contribution in [0.2, 0.25) is 0 Å². The summed E-state index contributed by atoms with van der Waals surface area (Å²) in [4.78, 5) is 23.0. The van der Waals surface area contributed by atoms with E-state index in [0.29, 0.717) is 17.1 Å². The summed E-state index contributed by atoms with van der Waals surface area (Å²) in [5, 5.41) is 2.67. The Bertz CT molecular complexity index is 1150. The molecule has 0 aliphatic rings. The highest BCUT2D eigenvalue weighted by molar-refractivity contribution is 7.92. The van der Waals surface area contributed by atoms with Gasteiger partial charge in [0.2, 0.25) is 5.91 Å². The lowest BCUT2D eigenvalue weighted by Crippen LogP contribution is -2.20. The molecule has 9 heteroatoms. The van der Waals surface area contributed by atoms with E-state index in [-0.39, 0.29) is 23.8 Å². The number of hydrogen-bond donors (Lipinski definition) is 3. The molecule has 0 unspecified atom stereocenters. The minimum absolute atomic E-state index is 0.0733. The number of carbonyl (C=O) groups excluding carboxylic acids is 2. The third-order valence-electron chi connectivity index (χ3n) is 4.15. The first-order valence-corrected chi connectivity index (χ1v) is 10.8. The Balaban J connectivity index is 1.52. The fourth-order valence-electron chi connectivity index (χ4n) is 2.69.